The van der Waals surface area contributed by atoms with Crippen LogP contribution in [0.2, 0.25) is 0 Å². The number of phenols is 2. The first-order valence-corrected chi connectivity index (χ1v) is 9.39. The van der Waals surface area contributed by atoms with Gasteiger partial charge in [-0.3, -0.25) is 9.59 Å². The Bertz CT molecular complexity index is 1080. The fourth-order valence-corrected chi connectivity index (χ4v) is 3.89. The Morgan fingerprint density at radius 2 is 1.68 bits per heavy atom. The molecule has 1 aliphatic carbocycles. The topological polar surface area (TPSA) is 177 Å². The van der Waals surface area contributed by atoms with Gasteiger partial charge < -0.3 is 40.1 Å². The molecule has 31 heavy (non-hydrogen) atoms. The Hall–Kier alpha value is -3.02. The average Bonchev–Trinajstić information content (AvgIpc) is 2.71. The zero-order valence-electron chi connectivity index (χ0n) is 16.2. The van der Waals surface area contributed by atoms with E-state index in [1.807, 2.05) is 0 Å². The number of carbonyl (C=O) groups excluding carboxylic acids is 2. The minimum atomic E-state index is -2.05. The molecule has 0 radical (unpaired) electrons. The minimum absolute atomic E-state index is 0.0458. The molecule has 0 spiro atoms. The second-order valence-corrected chi connectivity index (χ2v) is 7.52. The molecule has 2 aromatic rings. The molecule has 1 fully saturated rings. The molecule has 10 heteroatoms. The van der Waals surface area contributed by atoms with Gasteiger partial charge in [0.15, 0.2) is 5.78 Å². The van der Waals surface area contributed by atoms with Crippen molar-refractivity contribution < 1.29 is 49.7 Å². The molecule has 164 valence electrons. The van der Waals surface area contributed by atoms with Crippen LogP contribution in [0.5, 0.6) is 17.2 Å². The number of aliphatic hydroxyl groups is 3. The largest absolute Gasteiger partial charge is 0.828 e. The smallest absolute Gasteiger partial charge is 0.201 e. The SMILES string of the molecule is Cc1cc(O)c2c(c1)C(=O)c1cc(O)cc(O[C@@H]3[C@@H](O)[C@H](O)[C@@H](CO)O[C@H]3[O-])c1C2=O. The lowest BCUT2D eigenvalue weighted by Crippen LogP contribution is -2.64. The third kappa shape index (κ3) is 3.34. The summed E-state index contributed by atoms with van der Waals surface area (Å²) in [6, 6.07) is 4.78. The van der Waals surface area contributed by atoms with E-state index in [-0.39, 0.29) is 22.3 Å². The number of carbonyl (C=O) groups is 2. The van der Waals surface area contributed by atoms with Crippen LogP contribution < -0.4 is 9.84 Å². The lowest BCUT2D eigenvalue weighted by atomic mass is 9.82. The fraction of sp³-hybridized carbons (Fsp3) is 0.333. The molecular formula is C21H19O10-. The lowest BCUT2D eigenvalue weighted by molar-refractivity contribution is -0.530. The van der Waals surface area contributed by atoms with E-state index in [4.69, 9.17) is 14.6 Å². The summed E-state index contributed by atoms with van der Waals surface area (Å²) in [5, 5.41) is 62.1. The van der Waals surface area contributed by atoms with Crippen LogP contribution in [0.15, 0.2) is 24.3 Å². The number of aromatic hydroxyl groups is 2. The highest BCUT2D eigenvalue weighted by Gasteiger charge is 2.43. The number of rotatable bonds is 3. The van der Waals surface area contributed by atoms with Crippen molar-refractivity contribution in [1.82, 2.24) is 0 Å². The number of fused-ring (bicyclic) bond motifs is 2. The maximum atomic E-state index is 13.2. The summed E-state index contributed by atoms with van der Waals surface area (Å²) in [5.41, 5.74) is -0.275. The van der Waals surface area contributed by atoms with E-state index in [0.717, 1.165) is 12.1 Å². The van der Waals surface area contributed by atoms with Gasteiger partial charge in [-0.15, -0.1) is 0 Å². The van der Waals surface area contributed by atoms with Crippen molar-refractivity contribution in [3.05, 3.63) is 52.1 Å². The van der Waals surface area contributed by atoms with Crippen molar-refractivity contribution in [3.8, 4) is 17.2 Å². The highest BCUT2D eigenvalue weighted by Crippen LogP contribution is 2.40. The zero-order valence-corrected chi connectivity index (χ0v) is 16.2. The molecule has 5 N–H and O–H groups in total. The number of aliphatic hydroxyl groups excluding tert-OH is 3. The Balaban J connectivity index is 1.80. The molecule has 0 bridgehead atoms. The van der Waals surface area contributed by atoms with Crippen LogP contribution in [0.4, 0.5) is 0 Å². The Labute approximate surface area is 175 Å². The monoisotopic (exact) mass is 431 g/mol. The Morgan fingerprint density at radius 3 is 2.35 bits per heavy atom. The molecule has 2 aliphatic rings. The first-order valence-electron chi connectivity index (χ1n) is 9.39. The summed E-state index contributed by atoms with van der Waals surface area (Å²) < 4.78 is 10.4. The molecule has 0 aromatic heterocycles. The van der Waals surface area contributed by atoms with Crippen LogP contribution in [0.25, 0.3) is 0 Å². The van der Waals surface area contributed by atoms with Gasteiger partial charge in [0, 0.05) is 23.5 Å². The van der Waals surface area contributed by atoms with Crippen LogP contribution in [-0.4, -0.2) is 74.4 Å². The van der Waals surface area contributed by atoms with E-state index in [2.05, 4.69) is 0 Å². The molecule has 0 amide bonds. The van der Waals surface area contributed by atoms with Gasteiger partial charge in [0.2, 0.25) is 5.78 Å². The molecule has 4 rings (SSSR count). The minimum Gasteiger partial charge on any atom is -0.828 e. The van der Waals surface area contributed by atoms with Crippen molar-refractivity contribution in [2.45, 2.75) is 37.6 Å². The first-order chi connectivity index (χ1) is 14.6. The van der Waals surface area contributed by atoms with Crippen LogP contribution in [0, 0.1) is 6.92 Å². The standard InChI is InChI=1S/C21H19O10/c1-7-2-9-14(11(24)3-7)18(27)15-10(16(9)25)4-8(23)5-12(15)30-20-19(28)17(26)13(6-22)31-21(20)29/h2-5,13,17,19-24,26,28H,6H2,1H3/q-1/t13-,17-,19+,20-,21-/m1/s1. The molecule has 5 atom stereocenters. The van der Waals surface area contributed by atoms with Gasteiger partial charge in [-0.1, -0.05) is 0 Å². The number of ether oxygens (including phenoxy) is 2. The number of phenolic OH excluding ortho intramolecular Hbond substituents is 2. The zero-order chi connectivity index (χ0) is 22.6. The lowest BCUT2D eigenvalue weighted by Gasteiger charge is -2.45. The molecule has 0 saturated carbocycles. The molecule has 10 nitrogen and oxygen atoms in total. The molecule has 0 unspecified atom stereocenters. The maximum absolute atomic E-state index is 13.2. The van der Waals surface area contributed by atoms with E-state index in [9.17, 15) is 35.1 Å². The maximum Gasteiger partial charge on any atom is 0.201 e. The van der Waals surface area contributed by atoms with Crippen LogP contribution >= 0.6 is 0 Å². The van der Waals surface area contributed by atoms with Gasteiger partial charge in [-0.2, -0.15) is 0 Å². The highest BCUT2D eigenvalue weighted by molar-refractivity contribution is 6.30. The van der Waals surface area contributed by atoms with Gasteiger partial charge in [0.05, 0.1) is 17.7 Å². The van der Waals surface area contributed by atoms with Crippen molar-refractivity contribution in [2.24, 2.45) is 0 Å². The average molecular weight is 431 g/mol. The fourth-order valence-electron chi connectivity index (χ4n) is 3.89. The van der Waals surface area contributed by atoms with Crippen molar-refractivity contribution >= 4 is 11.6 Å². The van der Waals surface area contributed by atoms with Gasteiger partial charge in [0.25, 0.3) is 0 Å². The number of hydrogen-bond acceptors (Lipinski definition) is 10. The first kappa shape index (κ1) is 21.2. The molecular weight excluding hydrogens is 412 g/mol. The van der Waals surface area contributed by atoms with Crippen LogP contribution in [-0.2, 0) is 4.74 Å². The predicted molar refractivity (Wildman–Crippen MR) is 100.0 cm³/mol. The van der Waals surface area contributed by atoms with Gasteiger partial charge in [-0.25, -0.2) is 0 Å². The molecule has 2 aromatic carbocycles. The third-order valence-electron chi connectivity index (χ3n) is 5.38. The van der Waals surface area contributed by atoms with Crippen molar-refractivity contribution in [3.63, 3.8) is 0 Å². The van der Waals surface area contributed by atoms with E-state index in [1.165, 1.54) is 12.1 Å². The predicted octanol–water partition coefficient (Wildman–Crippen LogP) is -1.27. The van der Waals surface area contributed by atoms with E-state index in [0.29, 0.717) is 5.56 Å². The second-order valence-electron chi connectivity index (χ2n) is 7.52. The van der Waals surface area contributed by atoms with Gasteiger partial charge in [-0.05, 0) is 30.7 Å². The third-order valence-corrected chi connectivity index (χ3v) is 5.38. The Morgan fingerprint density at radius 1 is 1.00 bits per heavy atom. The molecule has 1 aliphatic heterocycles. The van der Waals surface area contributed by atoms with Crippen LogP contribution in [0.3, 0.4) is 0 Å². The molecule has 1 heterocycles. The summed E-state index contributed by atoms with van der Waals surface area (Å²) in [5.74, 6) is -2.69. The van der Waals surface area contributed by atoms with Crippen molar-refractivity contribution in [2.75, 3.05) is 6.61 Å². The quantitative estimate of drug-likeness (QED) is 0.336. The second kappa shape index (κ2) is 7.59. The molecule has 1 saturated heterocycles. The number of hydrogen-bond donors (Lipinski definition) is 5. The number of aryl methyl sites for hydroxylation is 1. The van der Waals surface area contributed by atoms with E-state index >= 15 is 0 Å². The van der Waals surface area contributed by atoms with Gasteiger partial charge in [0.1, 0.15) is 41.7 Å². The highest BCUT2D eigenvalue weighted by atomic mass is 16.7. The van der Waals surface area contributed by atoms with Crippen LogP contribution in [0.1, 0.15) is 37.4 Å². The summed E-state index contributed by atoms with van der Waals surface area (Å²) in [7, 11) is 0. The van der Waals surface area contributed by atoms with E-state index < -0.39 is 66.1 Å². The summed E-state index contributed by atoms with van der Waals surface area (Å²) >= 11 is 0. The summed E-state index contributed by atoms with van der Waals surface area (Å²) in [4.78, 5) is 26.1. The Kier molecular flexibility index (Phi) is 5.20. The normalized spacial score (nSPS) is 27.6. The number of benzene rings is 2. The van der Waals surface area contributed by atoms with Crippen molar-refractivity contribution in [1.29, 1.82) is 0 Å². The summed E-state index contributed by atoms with van der Waals surface area (Å²) in [6.07, 6.45) is -8.54. The van der Waals surface area contributed by atoms with Gasteiger partial charge >= 0.3 is 0 Å². The summed E-state index contributed by atoms with van der Waals surface area (Å²) in [6.45, 7) is 0.918. The number of ketones is 2. The van der Waals surface area contributed by atoms with E-state index in [1.54, 1.807) is 6.92 Å².